The zero-order chi connectivity index (χ0) is 5.41. The Morgan fingerprint density at radius 1 is 1.75 bits per heavy atom. The van der Waals surface area contributed by atoms with Gasteiger partial charge in [-0.1, -0.05) is 0 Å². The molecule has 0 aromatic heterocycles. The maximum atomic E-state index is 8.46. The van der Waals surface area contributed by atoms with Gasteiger partial charge in [-0.15, -0.1) is 0 Å². The third kappa shape index (κ3) is 529. The van der Waals surface area contributed by atoms with Gasteiger partial charge in [-0.3, -0.25) is 0 Å². The molecule has 0 unspecified atom stereocenters. The van der Waals surface area contributed by atoms with Crippen LogP contribution in [0, 0.1) is 6.92 Å². The second kappa shape index (κ2) is 48.5. The summed E-state index contributed by atoms with van der Waals surface area (Å²) in [6, 6.07) is 0. The number of hydrogen-bond acceptors (Lipinski definition) is 2. The summed E-state index contributed by atoms with van der Waals surface area (Å²) in [5, 5.41) is 0. The molecule has 0 aromatic carbocycles. The second-order valence-electron chi connectivity index (χ2n) is 0.370. The van der Waals surface area contributed by atoms with Crippen molar-refractivity contribution in [3.8, 4) is 0 Å². The van der Waals surface area contributed by atoms with Crippen LogP contribution in [0.3, 0.4) is 0 Å². The van der Waals surface area contributed by atoms with Crippen LogP contribution in [-0.4, -0.2) is 4.89 Å². The number of rotatable bonds is 0. The van der Waals surface area contributed by atoms with Gasteiger partial charge in [0, 0.05) is 0 Å². The van der Waals surface area contributed by atoms with Gasteiger partial charge in [-0.05, 0) is 0 Å². The van der Waals surface area contributed by atoms with Crippen molar-refractivity contribution < 1.29 is 39.0 Å². The van der Waals surface area contributed by atoms with Crippen molar-refractivity contribution in [2.45, 2.75) is 0 Å². The molecule has 0 aliphatic rings. The molecule has 8 heavy (non-hydrogen) atoms. The summed E-state index contributed by atoms with van der Waals surface area (Å²) in [4.78, 5) is 6.99. The van der Waals surface area contributed by atoms with Crippen LogP contribution in [0.1, 0.15) is 0 Å². The molecule has 5 heteroatoms. The van der Waals surface area contributed by atoms with Crippen molar-refractivity contribution in [3.05, 3.63) is 19.6 Å². The first-order valence-corrected chi connectivity index (χ1v) is 1.96. The molecule has 0 spiro atoms. The predicted molar refractivity (Wildman–Crippen MR) is 30.4 cm³/mol. The third-order valence-electron chi connectivity index (χ3n) is 0. The summed E-state index contributed by atoms with van der Waals surface area (Å²) in [5.74, 6) is 0. The van der Waals surface area contributed by atoms with Gasteiger partial charge >= 0.3 is 38.2 Å². The van der Waals surface area contributed by atoms with Gasteiger partial charge < -0.3 is 11.0 Å². The Balaban J connectivity index is -0.0000000160. The Hall–Kier alpha value is 0.630. The summed E-state index contributed by atoms with van der Waals surface area (Å²) in [7, 11) is -0.833. The van der Waals surface area contributed by atoms with Crippen LogP contribution in [0.15, 0.2) is 12.7 Å². The molecule has 0 aliphatic heterocycles. The van der Waals surface area contributed by atoms with Crippen molar-refractivity contribution in [2.24, 2.45) is 0 Å². The van der Waals surface area contributed by atoms with Gasteiger partial charge in [0.15, 0.2) is 0 Å². The molecule has 0 bridgehead atoms. The Kier molecular flexibility index (Phi) is 142. The summed E-state index contributed by atoms with van der Waals surface area (Å²) in [5.41, 5.74) is 0. The molecule has 0 amide bonds. The van der Waals surface area contributed by atoms with Gasteiger partial charge in [0.25, 0.3) is 0 Å². The Bertz CT molecular complexity index is 38.3. The molecule has 0 aromatic rings. The molecule has 4 N–H and O–H groups in total. The molecule has 0 saturated heterocycles. The average molecular weight is 145 g/mol. The Morgan fingerprint density at radius 3 is 1.75 bits per heavy atom. The SMILES string of the molecule is C=C[CH2-].N.O=PO.[Na+]. The molecule has 0 atom stereocenters. The van der Waals surface area contributed by atoms with Gasteiger partial charge in [-0.2, -0.15) is 0 Å². The summed E-state index contributed by atoms with van der Waals surface area (Å²) >= 11 is 0. The number of hydrogen-bond donors (Lipinski definition) is 2. The standard InChI is InChI=1S/C3H5.H3N.Na.HO2P/c1-3-2;;;1-3-2/h3H,1-2H2;1H3;;(H,1,2)/q-1;;+1;. The molecular weight excluding hydrogens is 136 g/mol. The quantitative estimate of drug-likeness (QED) is 0.244. The van der Waals surface area contributed by atoms with Crippen molar-refractivity contribution in [1.82, 2.24) is 6.15 Å². The molecule has 44 valence electrons. The monoisotopic (exact) mass is 145 g/mol. The third-order valence-corrected chi connectivity index (χ3v) is 0. The second-order valence-corrected chi connectivity index (χ2v) is 0.534. The van der Waals surface area contributed by atoms with Crippen LogP contribution in [0.4, 0.5) is 0 Å². The maximum Gasteiger partial charge on any atom is 1.00 e. The van der Waals surface area contributed by atoms with Crippen molar-refractivity contribution >= 4 is 8.69 Å². The molecule has 0 saturated carbocycles. The Labute approximate surface area is 73.3 Å². The first-order chi connectivity index (χ1) is 2.83. The van der Waals surface area contributed by atoms with Gasteiger partial charge in [0.1, 0.15) is 0 Å². The first-order valence-electron chi connectivity index (χ1n) is 1.20. The fraction of sp³-hybridized carbons (Fsp3) is 0. The molecule has 0 fully saturated rings. The average Bonchev–Trinajstić information content (AvgIpc) is 1.39. The first kappa shape index (κ1) is 23.4. The minimum absolute atomic E-state index is 0. The molecule has 0 radical (unpaired) electrons. The van der Waals surface area contributed by atoms with Crippen molar-refractivity contribution in [2.75, 3.05) is 0 Å². The van der Waals surface area contributed by atoms with Crippen LogP contribution >= 0.6 is 8.69 Å². The predicted octanol–water partition coefficient (Wildman–Crippen LogP) is -1.64. The molecular formula is C3H9NNaO2P. The van der Waals surface area contributed by atoms with Crippen LogP contribution in [0.5, 0.6) is 0 Å². The summed E-state index contributed by atoms with van der Waals surface area (Å²) < 4.78 is 8.46. The topological polar surface area (TPSA) is 72.3 Å². The molecule has 0 aliphatic carbocycles. The zero-order valence-electron chi connectivity index (χ0n) is 5.00. The van der Waals surface area contributed by atoms with E-state index in [2.05, 4.69) is 13.5 Å². The van der Waals surface area contributed by atoms with Gasteiger partial charge in [0.05, 0.1) is 0 Å². The van der Waals surface area contributed by atoms with E-state index in [4.69, 9.17) is 9.46 Å². The smallest absolute Gasteiger partial charge is 0.344 e. The van der Waals surface area contributed by atoms with Crippen LogP contribution < -0.4 is 35.7 Å². The van der Waals surface area contributed by atoms with Crippen molar-refractivity contribution in [1.29, 1.82) is 0 Å². The van der Waals surface area contributed by atoms with E-state index in [9.17, 15) is 0 Å². The summed E-state index contributed by atoms with van der Waals surface area (Å²) in [6.07, 6.45) is 1.50. The minimum Gasteiger partial charge on any atom is -0.344 e. The van der Waals surface area contributed by atoms with Crippen LogP contribution in [0.2, 0.25) is 0 Å². The van der Waals surface area contributed by atoms with E-state index in [1.54, 1.807) is 0 Å². The number of allylic oxidation sites excluding steroid dienone is 1. The van der Waals surface area contributed by atoms with Gasteiger partial charge in [0.2, 0.25) is 0 Å². The van der Waals surface area contributed by atoms with Crippen LogP contribution in [-0.2, 0) is 4.57 Å². The maximum absolute atomic E-state index is 8.46. The molecule has 0 rings (SSSR count). The fourth-order valence-corrected chi connectivity index (χ4v) is 0. The van der Waals surface area contributed by atoms with E-state index in [-0.39, 0.29) is 35.7 Å². The van der Waals surface area contributed by atoms with E-state index >= 15 is 0 Å². The summed E-state index contributed by atoms with van der Waals surface area (Å²) in [6.45, 7) is 6.50. The minimum atomic E-state index is -0.833. The normalized spacial score (nSPS) is 4.12. The van der Waals surface area contributed by atoms with Crippen LogP contribution in [0.25, 0.3) is 0 Å². The molecule has 3 nitrogen and oxygen atoms in total. The van der Waals surface area contributed by atoms with E-state index < -0.39 is 8.69 Å². The van der Waals surface area contributed by atoms with Crippen molar-refractivity contribution in [3.63, 3.8) is 0 Å². The van der Waals surface area contributed by atoms with E-state index in [0.29, 0.717) is 0 Å². The van der Waals surface area contributed by atoms with E-state index in [1.807, 2.05) is 0 Å². The Morgan fingerprint density at radius 2 is 1.75 bits per heavy atom. The largest absolute Gasteiger partial charge is 1.00 e. The van der Waals surface area contributed by atoms with E-state index in [0.717, 1.165) is 0 Å². The zero-order valence-corrected chi connectivity index (χ0v) is 7.90. The van der Waals surface area contributed by atoms with Gasteiger partial charge in [-0.25, -0.2) is 24.1 Å². The van der Waals surface area contributed by atoms with E-state index in [1.165, 1.54) is 6.08 Å². The fourth-order valence-electron chi connectivity index (χ4n) is 0. The molecule has 0 heterocycles.